The zero-order valence-electron chi connectivity index (χ0n) is 13.9. The van der Waals surface area contributed by atoms with Crippen LogP contribution in [0.1, 0.15) is 12.0 Å². The number of fused-ring (bicyclic) bond motifs is 1. The predicted octanol–water partition coefficient (Wildman–Crippen LogP) is 1.17. The fourth-order valence-electron chi connectivity index (χ4n) is 4.00. The Morgan fingerprint density at radius 3 is 2.71 bits per heavy atom. The molecule has 0 aromatic heterocycles. The van der Waals surface area contributed by atoms with Crippen molar-refractivity contribution in [3.63, 3.8) is 0 Å². The number of benzene rings is 1. The Kier molecular flexibility index (Phi) is 5.64. The van der Waals surface area contributed by atoms with E-state index < -0.39 is 0 Å². The SMILES string of the molecule is Cl.O=C(C1COc2ccccc2C1)N1CCN(C2CCNC2)CC1. The van der Waals surface area contributed by atoms with E-state index in [9.17, 15) is 4.79 Å². The van der Waals surface area contributed by atoms with Gasteiger partial charge in [-0.1, -0.05) is 18.2 Å². The molecule has 0 aliphatic carbocycles. The van der Waals surface area contributed by atoms with Crippen molar-refractivity contribution in [1.82, 2.24) is 15.1 Å². The number of piperazine rings is 1. The number of nitrogens with one attached hydrogen (secondary N) is 1. The highest BCUT2D eigenvalue weighted by Gasteiger charge is 2.33. The Hall–Kier alpha value is -1.30. The average molecular weight is 352 g/mol. The van der Waals surface area contributed by atoms with Gasteiger partial charge in [-0.15, -0.1) is 12.4 Å². The van der Waals surface area contributed by atoms with Crippen LogP contribution >= 0.6 is 12.4 Å². The van der Waals surface area contributed by atoms with Crippen LogP contribution in [0.3, 0.4) is 0 Å². The standard InChI is InChI=1S/C18H25N3O2.ClH/c22-18(15-11-14-3-1-2-4-17(14)23-13-15)21-9-7-20(8-10-21)16-5-6-19-12-16;/h1-4,15-16,19H,5-13H2;1H. The first-order valence-electron chi connectivity index (χ1n) is 8.75. The molecule has 4 rings (SSSR count). The van der Waals surface area contributed by atoms with Crippen molar-refractivity contribution >= 4 is 18.3 Å². The molecule has 1 aromatic carbocycles. The van der Waals surface area contributed by atoms with Gasteiger partial charge in [-0.2, -0.15) is 0 Å². The van der Waals surface area contributed by atoms with Crippen LogP contribution in [0.25, 0.3) is 0 Å². The number of carbonyl (C=O) groups is 1. The maximum atomic E-state index is 12.8. The zero-order chi connectivity index (χ0) is 15.6. The van der Waals surface area contributed by atoms with Crippen LogP contribution in [0, 0.1) is 5.92 Å². The van der Waals surface area contributed by atoms with Gasteiger partial charge in [0.25, 0.3) is 0 Å². The lowest BCUT2D eigenvalue weighted by molar-refractivity contribution is -0.139. The molecule has 1 N–H and O–H groups in total. The normalized spacial score (nSPS) is 27.1. The number of hydrogen-bond acceptors (Lipinski definition) is 4. The van der Waals surface area contributed by atoms with Gasteiger partial charge in [0, 0.05) is 38.8 Å². The average Bonchev–Trinajstić information content (AvgIpc) is 3.15. The Morgan fingerprint density at radius 2 is 1.96 bits per heavy atom. The maximum absolute atomic E-state index is 12.8. The molecule has 132 valence electrons. The smallest absolute Gasteiger partial charge is 0.229 e. The molecule has 3 heterocycles. The summed E-state index contributed by atoms with van der Waals surface area (Å²) in [6, 6.07) is 8.73. The molecule has 2 unspecified atom stereocenters. The molecule has 2 saturated heterocycles. The van der Waals surface area contributed by atoms with Crippen LogP contribution in [0.2, 0.25) is 0 Å². The largest absolute Gasteiger partial charge is 0.492 e. The van der Waals surface area contributed by atoms with Gasteiger partial charge in [-0.3, -0.25) is 9.69 Å². The van der Waals surface area contributed by atoms with Crippen molar-refractivity contribution in [3.8, 4) is 5.75 Å². The molecule has 0 spiro atoms. The van der Waals surface area contributed by atoms with E-state index >= 15 is 0 Å². The third kappa shape index (κ3) is 3.53. The minimum atomic E-state index is -0.0235. The van der Waals surface area contributed by atoms with Crippen LogP contribution in [-0.2, 0) is 11.2 Å². The lowest BCUT2D eigenvalue weighted by Crippen LogP contribution is -2.54. The van der Waals surface area contributed by atoms with E-state index in [1.165, 1.54) is 6.42 Å². The van der Waals surface area contributed by atoms with E-state index in [0.29, 0.717) is 12.6 Å². The fraction of sp³-hybridized carbons (Fsp3) is 0.611. The highest BCUT2D eigenvalue weighted by molar-refractivity contribution is 5.85. The summed E-state index contributed by atoms with van der Waals surface area (Å²) >= 11 is 0. The van der Waals surface area contributed by atoms with Gasteiger partial charge in [0.15, 0.2) is 0 Å². The third-order valence-corrected chi connectivity index (χ3v) is 5.40. The maximum Gasteiger partial charge on any atom is 0.229 e. The van der Waals surface area contributed by atoms with Gasteiger partial charge in [-0.05, 0) is 31.0 Å². The Morgan fingerprint density at radius 1 is 1.17 bits per heavy atom. The first-order valence-corrected chi connectivity index (χ1v) is 8.75. The monoisotopic (exact) mass is 351 g/mol. The molecular formula is C18H26ClN3O2. The molecule has 2 atom stereocenters. The molecular weight excluding hydrogens is 326 g/mol. The molecule has 3 aliphatic heterocycles. The van der Waals surface area contributed by atoms with Crippen molar-refractivity contribution in [2.24, 2.45) is 5.92 Å². The lowest BCUT2D eigenvalue weighted by Gasteiger charge is -2.39. The lowest BCUT2D eigenvalue weighted by atomic mass is 9.95. The van der Waals surface area contributed by atoms with Gasteiger partial charge in [-0.25, -0.2) is 0 Å². The second-order valence-electron chi connectivity index (χ2n) is 6.83. The molecule has 0 radical (unpaired) electrons. The molecule has 3 aliphatic rings. The number of para-hydroxylation sites is 1. The van der Waals surface area contributed by atoms with Crippen molar-refractivity contribution < 1.29 is 9.53 Å². The second kappa shape index (κ2) is 7.72. The molecule has 1 amide bonds. The predicted molar refractivity (Wildman–Crippen MR) is 95.8 cm³/mol. The van der Waals surface area contributed by atoms with Crippen LogP contribution < -0.4 is 10.1 Å². The van der Waals surface area contributed by atoms with Crippen LogP contribution in [0.5, 0.6) is 5.75 Å². The van der Waals surface area contributed by atoms with Crippen LogP contribution in [0.4, 0.5) is 0 Å². The Bertz CT molecular complexity index is 569. The molecule has 0 bridgehead atoms. The van der Waals surface area contributed by atoms with Crippen LogP contribution in [-0.4, -0.2) is 67.6 Å². The van der Waals surface area contributed by atoms with E-state index in [1.807, 2.05) is 23.1 Å². The number of hydrogen-bond donors (Lipinski definition) is 1. The summed E-state index contributed by atoms with van der Waals surface area (Å²) in [4.78, 5) is 17.4. The number of halogens is 1. The van der Waals surface area contributed by atoms with Gasteiger partial charge < -0.3 is 15.0 Å². The second-order valence-corrected chi connectivity index (χ2v) is 6.83. The van der Waals surface area contributed by atoms with Crippen LogP contribution in [0.15, 0.2) is 24.3 Å². The summed E-state index contributed by atoms with van der Waals surface area (Å²) in [5.41, 5.74) is 1.16. The summed E-state index contributed by atoms with van der Waals surface area (Å²) in [7, 11) is 0. The summed E-state index contributed by atoms with van der Waals surface area (Å²) in [5.74, 6) is 1.18. The Labute approximate surface area is 149 Å². The number of carbonyl (C=O) groups excluding carboxylic acids is 1. The number of nitrogens with zero attached hydrogens (tertiary/aromatic N) is 2. The highest BCUT2D eigenvalue weighted by Crippen LogP contribution is 2.28. The third-order valence-electron chi connectivity index (χ3n) is 5.40. The number of amides is 1. The number of ether oxygens (including phenoxy) is 1. The summed E-state index contributed by atoms with van der Waals surface area (Å²) in [5, 5.41) is 3.43. The van der Waals surface area contributed by atoms with E-state index in [2.05, 4.69) is 16.3 Å². The van der Waals surface area contributed by atoms with Gasteiger partial charge in [0.05, 0.1) is 5.92 Å². The van der Waals surface area contributed by atoms with E-state index in [0.717, 1.165) is 57.0 Å². The Balaban J connectivity index is 0.00000169. The minimum Gasteiger partial charge on any atom is -0.492 e. The molecule has 0 saturated carbocycles. The summed E-state index contributed by atoms with van der Waals surface area (Å²) in [6.07, 6.45) is 2.04. The summed E-state index contributed by atoms with van der Waals surface area (Å²) < 4.78 is 5.78. The minimum absolute atomic E-state index is 0. The van der Waals surface area contributed by atoms with E-state index in [1.54, 1.807) is 0 Å². The quantitative estimate of drug-likeness (QED) is 0.868. The van der Waals surface area contributed by atoms with Crippen molar-refractivity contribution in [2.45, 2.75) is 18.9 Å². The zero-order valence-corrected chi connectivity index (χ0v) is 14.8. The highest BCUT2D eigenvalue weighted by atomic mass is 35.5. The van der Waals surface area contributed by atoms with Gasteiger partial charge in [0.2, 0.25) is 5.91 Å². The summed E-state index contributed by atoms with van der Waals surface area (Å²) in [6.45, 7) is 6.46. The number of rotatable bonds is 2. The van der Waals surface area contributed by atoms with Gasteiger partial charge in [0.1, 0.15) is 12.4 Å². The van der Waals surface area contributed by atoms with E-state index in [4.69, 9.17) is 4.74 Å². The van der Waals surface area contributed by atoms with Crippen molar-refractivity contribution in [3.05, 3.63) is 29.8 Å². The molecule has 6 heteroatoms. The molecule has 2 fully saturated rings. The van der Waals surface area contributed by atoms with Crippen molar-refractivity contribution in [1.29, 1.82) is 0 Å². The molecule has 1 aromatic rings. The first-order chi connectivity index (χ1) is 11.3. The fourth-order valence-corrected chi connectivity index (χ4v) is 4.00. The topological polar surface area (TPSA) is 44.8 Å². The first kappa shape index (κ1) is 17.5. The van der Waals surface area contributed by atoms with E-state index in [-0.39, 0.29) is 24.2 Å². The molecule has 24 heavy (non-hydrogen) atoms. The van der Waals surface area contributed by atoms with Crippen molar-refractivity contribution in [2.75, 3.05) is 45.9 Å². The van der Waals surface area contributed by atoms with Gasteiger partial charge >= 0.3 is 0 Å². The molecule has 5 nitrogen and oxygen atoms in total.